The zero-order chi connectivity index (χ0) is 16.2. The van der Waals surface area contributed by atoms with Gasteiger partial charge in [0, 0.05) is 25.7 Å². The molecule has 1 N–H and O–H groups in total. The molecule has 1 aliphatic heterocycles. The molecule has 1 saturated carbocycles. The van der Waals surface area contributed by atoms with E-state index in [-0.39, 0.29) is 6.09 Å². The highest BCUT2D eigenvalue weighted by Crippen LogP contribution is 2.25. The van der Waals surface area contributed by atoms with Crippen LogP contribution >= 0.6 is 0 Å². The number of hydrogen-bond acceptors (Lipinski definition) is 5. The zero-order valence-corrected chi connectivity index (χ0v) is 14.4. The van der Waals surface area contributed by atoms with E-state index < -0.39 is 5.60 Å². The third kappa shape index (κ3) is 5.48. The molecule has 0 aromatic rings. The number of carbonyl (C=O) groups excluding carboxylic acids is 1. The van der Waals surface area contributed by atoms with Crippen molar-refractivity contribution >= 4 is 11.9 Å². The van der Waals surface area contributed by atoms with E-state index in [9.17, 15) is 4.79 Å². The van der Waals surface area contributed by atoms with Crippen molar-refractivity contribution in [2.75, 3.05) is 39.3 Å². The van der Waals surface area contributed by atoms with Crippen LogP contribution in [0.5, 0.6) is 0 Å². The fourth-order valence-corrected chi connectivity index (χ4v) is 2.59. The molecule has 1 aliphatic carbocycles. The molecule has 6 heteroatoms. The molecule has 2 rings (SSSR count). The first-order chi connectivity index (χ1) is 10.4. The molecule has 1 fully saturated rings. The lowest BCUT2D eigenvalue weighted by Gasteiger charge is -2.30. The lowest BCUT2D eigenvalue weighted by molar-refractivity contribution is 0.0276. The summed E-state index contributed by atoms with van der Waals surface area (Å²) in [5, 5.41) is 3.38. The number of hydrogen-bond donors (Lipinski definition) is 1. The van der Waals surface area contributed by atoms with E-state index in [0.29, 0.717) is 19.6 Å². The second-order valence-electron chi connectivity index (χ2n) is 7.02. The Bertz CT molecular complexity index is 413. The molecule has 0 saturated heterocycles. The van der Waals surface area contributed by atoms with E-state index in [2.05, 4.69) is 22.1 Å². The molecule has 126 valence electrons. The van der Waals surface area contributed by atoms with Crippen LogP contribution in [0.2, 0.25) is 0 Å². The van der Waals surface area contributed by atoms with Gasteiger partial charge in [-0.15, -0.1) is 0 Å². The molecule has 22 heavy (non-hydrogen) atoms. The van der Waals surface area contributed by atoms with Gasteiger partial charge >= 0.3 is 6.09 Å². The predicted molar refractivity (Wildman–Crippen MR) is 88.4 cm³/mol. The van der Waals surface area contributed by atoms with Gasteiger partial charge in [0.15, 0.2) is 0 Å². The Hall–Kier alpha value is -1.30. The number of amidine groups is 1. The Kier molecular flexibility index (Phi) is 5.67. The van der Waals surface area contributed by atoms with Gasteiger partial charge in [-0.1, -0.05) is 6.92 Å². The van der Waals surface area contributed by atoms with Crippen LogP contribution in [-0.4, -0.2) is 72.6 Å². The highest BCUT2D eigenvalue weighted by atomic mass is 16.6. The van der Waals surface area contributed by atoms with E-state index in [1.54, 1.807) is 4.90 Å². The minimum atomic E-state index is -0.453. The van der Waals surface area contributed by atoms with Crippen LogP contribution in [0.15, 0.2) is 4.99 Å². The monoisotopic (exact) mass is 310 g/mol. The average molecular weight is 310 g/mol. The van der Waals surface area contributed by atoms with Crippen molar-refractivity contribution in [2.24, 2.45) is 4.99 Å². The Morgan fingerprint density at radius 3 is 2.77 bits per heavy atom. The minimum absolute atomic E-state index is 0.255. The maximum atomic E-state index is 12.1. The number of nitrogens with zero attached hydrogens (tertiary/aromatic N) is 3. The first-order valence-corrected chi connectivity index (χ1v) is 8.38. The summed E-state index contributed by atoms with van der Waals surface area (Å²) in [6, 6.07) is 0.790. The summed E-state index contributed by atoms with van der Waals surface area (Å²) in [4.78, 5) is 20.8. The Labute approximate surface area is 133 Å². The molecule has 2 aliphatic rings. The van der Waals surface area contributed by atoms with Crippen LogP contribution in [0.1, 0.15) is 40.5 Å². The van der Waals surface area contributed by atoms with Crippen molar-refractivity contribution in [1.82, 2.24) is 15.1 Å². The molecule has 0 aromatic heterocycles. The number of nitrogens with one attached hydrogen (secondary N) is 1. The summed E-state index contributed by atoms with van der Waals surface area (Å²) < 4.78 is 5.42. The van der Waals surface area contributed by atoms with Gasteiger partial charge in [-0.05, 0) is 40.2 Å². The van der Waals surface area contributed by atoms with Crippen LogP contribution in [0.25, 0.3) is 0 Å². The third-order valence-electron chi connectivity index (χ3n) is 3.86. The molecule has 0 spiro atoms. The van der Waals surface area contributed by atoms with Gasteiger partial charge < -0.3 is 10.1 Å². The molecule has 0 bridgehead atoms. The summed E-state index contributed by atoms with van der Waals surface area (Å²) in [6.45, 7) is 12.7. The first-order valence-electron chi connectivity index (χ1n) is 8.38. The van der Waals surface area contributed by atoms with Gasteiger partial charge in [-0.25, -0.2) is 4.79 Å². The van der Waals surface area contributed by atoms with Gasteiger partial charge in [-0.2, -0.15) is 0 Å². The van der Waals surface area contributed by atoms with Gasteiger partial charge in [0.2, 0.25) is 0 Å². The first kappa shape index (κ1) is 17.1. The van der Waals surface area contributed by atoms with Gasteiger partial charge in [0.05, 0.1) is 13.1 Å². The van der Waals surface area contributed by atoms with Crippen LogP contribution in [0.4, 0.5) is 4.79 Å². The minimum Gasteiger partial charge on any atom is -0.444 e. The predicted octanol–water partition coefficient (Wildman–Crippen LogP) is 1.71. The third-order valence-corrected chi connectivity index (χ3v) is 3.86. The van der Waals surface area contributed by atoms with Gasteiger partial charge in [0.25, 0.3) is 0 Å². The summed E-state index contributed by atoms with van der Waals surface area (Å²) in [6.07, 6.45) is 2.41. The average Bonchev–Trinajstić information content (AvgIpc) is 3.27. The van der Waals surface area contributed by atoms with E-state index in [0.717, 1.165) is 31.5 Å². The second kappa shape index (κ2) is 7.31. The molecular formula is C16H30N4O2. The normalized spacial score (nSPS) is 19.1. The highest BCUT2D eigenvalue weighted by Gasteiger charge is 2.28. The Morgan fingerprint density at radius 2 is 2.18 bits per heavy atom. The van der Waals surface area contributed by atoms with Gasteiger partial charge in [-0.3, -0.25) is 14.8 Å². The lowest BCUT2D eigenvalue weighted by atomic mass is 10.2. The smallest absolute Gasteiger partial charge is 0.410 e. The van der Waals surface area contributed by atoms with Crippen molar-refractivity contribution in [3.63, 3.8) is 0 Å². The maximum absolute atomic E-state index is 12.1. The van der Waals surface area contributed by atoms with Gasteiger partial charge in [0.1, 0.15) is 11.4 Å². The van der Waals surface area contributed by atoms with E-state index in [1.807, 2.05) is 20.8 Å². The van der Waals surface area contributed by atoms with Crippen molar-refractivity contribution in [2.45, 2.75) is 52.2 Å². The largest absolute Gasteiger partial charge is 0.444 e. The molecular weight excluding hydrogens is 280 g/mol. The topological polar surface area (TPSA) is 57.2 Å². The van der Waals surface area contributed by atoms with Crippen LogP contribution in [0.3, 0.4) is 0 Å². The number of carbonyl (C=O) groups is 1. The molecule has 0 radical (unpaired) electrons. The quantitative estimate of drug-likeness (QED) is 0.840. The van der Waals surface area contributed by atoms with Crippen LogP contribution in [-0.2, 0) is 4.74 Å². The molecule has 0 atom stereocenters. The van der Waals surface area contributed by atoms with Crippen LogP contribution < -0.4 is 5.32 Å². The summed E-state index contributed by atoms with van der Waals surface area (Å²) >= 11 is 0. The highest BCUT2D eigenvalue weighted by molar-refractivity contribution is 5.87. The molecule has 0 unspecified atom stereocenters. The van der Waals surface area contributed by atoms with E-state index >= 15 is 0 Å². The summed E-state index contributed by atoms with van der Waals surface area (Å²) in [5.41, 5.74) is -0.453. The molecule has 1 heterocycles. The summed E-state index contributed by atoms with van der Waals surface area (Å²) in [7, 11) is 0. The van der Waals surface area contributed by atoms with Crippen LogP contribution in [0, 0.1) is 0 Å². The molecule has 0 aromatic carbocycles. The van der Waals surface area contributed by atoms with E-state index in [1.165, 1.54) is 12.8 Å². The Morgan fingerprint density at radius 1 is 1.45 bits per heavy atom. The maximum Gasteiger partial charge on any atom is 0.410 e. The number of ether oxygens (including phenoxy) is 1. The standard InChI is InChI=1S/C16H30N4O2/c1-5-19(13-6-7-13)10-8-17-14-12-20(11-9-18-14)15(21)22-16(2,3)4/h13H,5-12H2,1-4H3,(H,17,18). The fraction of sp³-hybridized carbons (Fsp3) is 0.875. The number of amides is 1. The summed E-state index contributed by atoms with van der Waals surface area (Å²) in [5.74, 6) is 0.893. The molecule has 6 nitrogen and oxygen atoms in total. The molecule has 1 amide bonds. The second-order valence-corrected chi connectivity index (χ2v) is 7.02. The SMILES string of the molecule is CCN(CCNC1=NCCN(C(=O)OC(C)(C)C)C1)C1CC1. The van der Waals surface area contributed by atoms with Crippen molar-refractivity contribution in [3.05, 3.63) is 0 Å². The van der Waals surface area contributed by atoms with Crippen molar-refractivity contribution in [1.29, 1.82) is 0 Å². The van der Waals surface area contributed by atoms with Crippen molar-refractivity contribution in [3.8, 4) is 0 Å². The number of aliphatic imine (C=N–C) groups is 1. The number of likely N-dealkylation sites (N-methyl/N-ethyl adjacent to an activating group) is 1. The fourth-order valence-electron chi connectivity index (χ4n) is 2.59. The number of rotatable bonds is 5. The van der Waals surface area contributed by atoms with Crippen molar-refractivity contribution < 1.29 is 9.53 Å². The Balaban J connectivity index is 1.73. The lowest BCUT2D eigenvalue weighted by Crippen LogP contribution is -2.48. The zero-order valence-electron chi connectivity index (χ0n) is 14.4. The van der Waals surface area contributed by atoms with E-state index in [4.69, 9.17) is 4.74 Å².